The Hall–Kier alpha value is -0.120. The summed E-state index contributed by atoms with van der Waals surface area (Å²) in [7, 11) is 1.75. The van der Waals surface area contributed by atoms with Crippen LogP contribution in [0.4, 0.5) is 0 Å². The molecule has 0 aromatic rings. The van der Waals surface area contributed by atoms with Crippen LogP contribution in [-0.2, 0) is 4.74 Å². The molecule has 3 heteroatoms. The van der Waals surface area contributed by atoms with E-state index in [0.717, 1.165) is 19.7 Å². The molecule has 0 unspecified atom stereocenters. The zero-order chi connectivity index (χ0) is 11.5. The van der Waals surface area contributed by atoms with Crippen molar-refractivity contribution >= 4 is 0 Å². The van der Waals surface area contributed by atoms with Crippen molar-refractivity contribution in [2.45, 2.75) is 38.5 Å². The highest BCUT2D eigenvalue weighted by Gasteiger charge is 2.06. The second-order valence-corrected chi connectivity index (χ2v) is 4.71. The maximum Gasteiger partial charge on any atom is 0.0587 e. The second kappa shape index (κ2) is 10.1. The van der Waals surface area contributed by atoms with Gasteiger partial charge in [-0.15, -0.1) is 0 Å². The molecule has 1 N–H and O–H groups in total. The van der Waals surface area contributed by atoms with E-state index in [9.17, 15) is 0 Å². The Morgan fingerprint density at radius 2 is 1.69 bits per heavy atom. The number of ether oxygens (including phenoxy) is 1. The first-order chi connectivity index (χ1) is 7.93. The van der Waals surface area contributed by atoms with E-state index in [4.69, 9.17) is 4.74 Å². The van der Waals surface area contributed by atoms with Gasteiger partial charge in [-0.2, -0.15) is 0 Å². The van der Waals surface area contributed by atoms with Crippen molar-refractivity contribution in [1.82, 2.24) is 10.2 Å². The van der Waals surface area contributed by atoms with Crippen LogP contribution in [-0.4, -0.2) is 51.3 Å². The molecule has 0 spiro atoms. The maximum absolute atomic E-state index is 5.00. The lowest BCUT2D eigenvalue weighted by molar-refractivity contribution is 0.197. The quantitative estimate of drug-likeness (QED) is 0.673. The summed E-state index contributed by atoms with van der Waals surface area (Å²) in [6.45, 7) is 6.83. The SMILES string of the molecule is COCCNCCCN1CCCCCCC1. The van der Waals surface area contributed by atoms with Crippen LogP contribution < -0.4 is 5.32 Å². The van der Waals surface area contributed by atoms with Gasteiger partial charge in [-0.05, 0) is 45.4 Å². The van der Waals surface area contributed by atoms with E-state index in [1.54, 1.807) is 7.11 Å². The predicted octanol–water partition coefficient (Wildman–Crippen LogP) is 1.88. The maximum atomic E-state index is 5.00. The van der Waals surface area contributed by atoms with Gasteiger partial charge in [0.05, 0.1) is 6.61 Å². The molecule has 0 aromatic carbocycles. The number of likely N-dealkylation sites (tertiary alicyclic amines) is 1. The molecule has 0 aromatic heterocycles. The molecule has 0 atom stereocenters. The molecule has 1 rings (SSSR count). The van der Waals surface area contributed by atoms with Gasteiger partial charge in [-0.1, -0.05) is 19.3 Å². The summed E-state index contributed by atoms with van der Waals surface area (Å²) in [4.78, 5) is 2.64. The van der Waals surface area contributed by atoms with Crippen molar-refractivity contribution in [1.29, 1.82) is 0 Å². The molecule has 1 aliphatic heterocycles. The summed E-state index contributed by atoms with van der Waals surface area (Å²) in [6.07, 6.45) is 8.38. The monoisotopic (exact) mass is 228 g/mol. The van der Waals surface area contributed by atoms with Crippen LogP contribution in [0, 0.1) is 0 Å². The van der Waals surface area contributed by atoms with E-state index in [-0.39, 0.29) is 0 Å². The molecule has 3 nitrogen and oxygen atoms in total. The van der Waals surface area contributed by atoms with Gasteiger partial charge < -0.3 is 15.0 Å². The standard InChI is InChI=1S/C13H28N2O/c1-16-13-9-14-8-7-12-15-10-5-3-2-4-6-11-15/h14H,2-13H2,1H3. The number of hydrogen-bond acceptors (Lipinski definition) is 3. The van der Waals surface area contributed by atoms with E-state index in [0.29, 0.717) is 0 Å². The van der Waals surface area contributed by atoms with Crippen LogP contribution >= 0.6 is 0 Å². The first kappa shape index (κ1) is 13.9. The zero-order valence-electron chi connectivity index (χ0n) is 10.8. The number of nitrogens with one attached hydrogen (secondary N) is 1. The van der Waals surface area contributed by atoms with Crippen LogP contribution in [0.25, 0.3) is 0 Å². The number of hydrogen-bond donors (Lipinski definition) is 1. The summed E-state index contributed by atoms with van der Waals surface area (Å²) in [5, 5.41) is 3.40. The number of methoxy groups -OCH3 is 1. The molecule has 0 radical (unpaired) electrons. The lowest BCUT2D eigenvalue weighted by atomic mass is 10.1. The van der Waals surface area contributed by atoms with Gasteiger partial charge in [-0.3, -0.25) is 0 Å². The molecule has 0 aliphatic carbocycles. The van der Waals surface area contributed by atoms with Gasteiger partial charge in [-0.25, -0.2) is 0 Å². The van der Waals surface area contributed by atoms with E-state index in [2.05, 4.69) is 10.2 Å². The average molecular weight is 228 g/mol. The fourth-order valence-electron chi connectivity index (χ4n) is 2.26. The van der Waals surface area contributed by atoms with Crippen LogP contribution in [0.15, 0.2) is 0 Å². The Labute approximate surface area is 101 Å². The largest absolute Gasteiger partial charge is 0.383 e. The first-order valence-corrected chi connectivity index (χ1v) is 6.85. The topological polar surface area (TPSA) is 24.5 Å². The first-order valence-electron chi connectivity index (χ1n) is 6.85. The van der Waals surface area contributed by atoms with E-state index in [1.165, 1.54) is 58.2 Å². The minimum atomic E-state index is 0.823. The lowest BCUT2D eigenvalue weighted by Gasteiger charge is -2.24. The number of nitrogens with zero attached hydrogens (tertiary/aromatic N) is 1. The van der Waals surface area contributed by atoms with E-state index in [1.807, 2.05) is 0 Å². The minimum absolute atomic E-state index is 0.823. The van der Waals surface area contributed by atoms with Crippen molar-refractivity contribution in [3.63, 3.8) is 0 Å². The van der Waals surface area contributed by atoms with Crippen LogP contribution in [0.1, 0.15) is 38.5 Å². The lowest BCUT2D eigenvalue weighted by Crippen LogP contribution is -2.31. The molecular formula is C13H28N2O. The average Bonchev–Trinajstić information content (AvgIpc) is 2.25. The Kier molecular flexibility index (Phi) is 8.77. The Morgan fingerprint density at radius 3 is 2.38 bits per heavy atom. The van der Waals surface area contributed by atoms with Gasteiger partial charge in [0.25, 0.3) is 0 Å². The molecule has 0 amide bonds. The highest BCUT2D eigenvalue weighted by atomic mass is 16.5. The highest BCUT2D eigenvalue weighted by Crippen LogP contribution is 2.10. The summed E-state index contributed by atoms with van der Waals surface area (Å²) in [5.74, 6) is 0. The fourth-order valence-corrected chi connectivity index (χ4v) is 2.26. The van der Waals surface area contributed by atoms with E-state index >= 15 is 0 Å². The summed E-state index contributed by atoms with van der Waals surface area (Å²) in [5.41, 5.74) is 0. The molecular weight excluding hydrogens is 200 g/mol. The van der Waals surface area contributed by atoms with Crippen molar-refractivity contribution in [3.8, 4) is 0 Å². The van der Waals surface area contributed by atoms with Gasteiger partial charge in [0.2, 0.25) is 0 Å². The van der Waals surface area contributed by atoms with Crippen molar-refractivity contribution < 1.29 is 4.74 Å². The summed E-state index contributed by atoms with van der Waals surface area (Å²) < 4.78 is 5.00. The summed E-state index contributed by atoms with van der Waals surface area (Å²) in [6, 6.07) is 0. The number of rotatable bonds is 7. The predicted molar refractivity (Wildman–Crippen MR) is 68.9 cm³/mol. The van der Waals surface area contributed by atoms with Crippen LogP contribution in [0.2, 0.25) is 0 Å². The van der Waals surface area contributed by atoms with Gasteiger partial charge in [0, 0.05) is 13.7 Å². The Bertz CT molecular complexity index is 145. The second-order valence-electron chi connectivity index (χ2n) is 4.71. The van der Waals surface area contributed by atoms with Crippen LogP contribution in [0.3, 0.4) is 0 Å². The third-order valence-electron chi connectivity index (χ3n) is 3.26. The van der Waals surface area contributed by atoms with Gasteiger partial charge in [0.1, 0.15) is 0 Å². The molecule has 0 bridgehead atoms. The van der Waals surface area contributed by atoms with Gasteiger partial charge in [0.15, 0.2) is 0 Å². The van der Waals surface area contributed by atoms with E-state index < -0.39 is 0 Å². The third kappa shape index (κ3) is 7.20. The Morgan fingerprint density at radius 1 is 1.00 bits per heavy atom. The van der Waals surface area contributed by atoms with Crippen LogP contribution in [0.5, 0.6) is 0 Å². The minimum Gasteiger partial charge on any atom is -0.383 e. The van der Waals surface area contributed by atoms with Crippen molar-refractivity contribution in [2.24, 2.45) is 0 Å². The summed E-state index contributed by atoms with van der Waals surface area (Å²) >= 11 is 0. The molecule has 1 aliphatic rings. The zero-order valence-corrected chi connectivity index (χ0v) is 10.8. The fraction of sp³-hybridized carbons (Fsp3) is 1.00. The molecule has 1 fully saturated rings. The molecule has 96 valence electrons. The van der Waals surface area contributed by atoms with Crippen molar-refractivity contribution in [2.75, 3.05) is 46.4 Å². The molecule has 0 saturated carbocycles. The van der Waals surface area contributed by atoms with Crippen molar-refractivity contribution in [3.05, 3.63) is 0 Å². The smallest absolute Gasteiger partial charge is 0.0587 e. The highest BCUT2D eigenvalue weighted by molar-refractivity contribution is 4.63. The Balaban J connectivity index is 1.93. The molecule has 16 heavy (non-hydrogen) atoms. The third-order valence-corrected chi connectivity index (χ3v) is 3.26. The van der Waals surface area contributed by atoms with Gasteiger partial charge >= 0.3 is 0 Å². The molecule has 1 saturated heterocycles. The normalized spacial score (nSPS) is 19.3. The molecule has 1 heterocycles.